The first-order valence-electron chi connectivity index (χ1n) is 7.17. The summed E-state index contributed by atoms with van der Waals surface area (Å²) in [5, 5.41) is 4.29. The molecule has 3 N–H and O–H groups in total. The van der Waals surface area contributed by atoms with Crippen molar-refractivity contribution in [1.82, 2.24) is 16.2 Å². The largest absolute Gasteiger partial charge is 0.491 e. The zero-order valence-electron chi connectivity index (χ0n) is 13.2. The van der Waals surface area contributed by atoms with Crippen LogP contribution in [0.15, 0.2) is 41.8 Å². The summed E-state index contributed by atoms with van der Waals surface area (Å²) < 4.78 is 5.51. The molecule has 0 bridgehead atoms. The molecule has 0 aliphatic rings. The van der Waals surface area contributed by atoms with Crippen LogP contribution in [-0.2, 0) is 0 Å². The van der Waals surface area contributed by atoms with Crippen molar-refractivity contribution >= 4 is 40.5 Å². The Kier molecular flexibility index (Phi) is 6.28. The van der Waals surface area contributed by atoms with Crippen molar-refractivity contribution < 1.29 is 14.3 Å². The lowest BCUT2D eigenvalue weighted by Crippen LogP contribution is -2.48. The van der Waals surface area contributed by atoms with Crippen LogP contribution >= 0.6 is 23.6 Å². The van der Waals surface area contributed by atoms with Crippen LogP contribution in [0.4, 0.5) is 0 Å². The number of hydrogen-bond donors (Lipinski definition) is 3. The average Bonchev–Trinajstić information content (AvgIpc) is 3.07. The van der Waals surface area contributed by atoms with Crippen molar-refractivity contribution in [2.45, 2.75) is 20.0 Å². The molecule has 0 saturated heterocycles. The number of nitrogens with one attached hydrogen (secondary N) is 3. The van der Waals surface area contributed by atoms with E-state index in [-0.39, 0.29) is 23.0 Å². The van der Waals surface area contributed by atoms with Crippen molar-refractivity contribution in [3.05, 3.63) is 52.2 Å². The number of ether oxygens (including phenoxy) is 1. The Bertz CT molecular complexity index is 713. The Labute approximate surface area is 149 Å². The van der Waals surface area contributed by atoms with Crippen LogP contribution in [0.1, 0.15) is 33.9 Å². The van der Waals surface area contributed by atoms with Crippen LogP contribution in [0.5, 0.6) is 5.75 Å². The van der Waals surface area contributed by atoms with Gasteiger partial charge >= 0.3 is 0 Å². The summed E-state index contributed by atoms with van der Waals surface area (Å²) in [6, 6.07) is 10.2. The smallest absolute Gasteiger partial charge is 0.279 e. The summed E-state index contributed by atoms with van der Waals surface area (Å²) in [6.45, 7) is 3.85. The summed E-state index contributed by atoms with van der Waals surface area (Å²) in [7, 11) is 0. The fraction of sp³-hybridized carbons (Fsp3) is 0.188. The Morgan fingerprint density at radius 3 is 2.38 bits per heavy atom. The molecule has 0 aliphatic heterocycles. The highest BCUT2D eigenvalue weighted by Gasteiger charge is 2.10. The molecule has 2 aromatic rings. The van der Waals surface area contributed by atoms with E-state index in [1.165, 1.54) is 11.3 Å². The topological polar surface area (TPSA) is 79.5 Å². The second kappa shape index (κ2) is 8.42. The summed E-state index contributed by atoms with van der Waals surface area (Å²) in [5.74, 6) is -0.0174. The van der Waals surface area contributed by atoms with Crippen molar-refractivity contribution in [1.29, 1.82) is 0 Å². The minimum atomic E-state index is -0.381. The van der Waals surface area contributed by atoms with Crippen LogP contribution in [0.25, 0.3) is 0 Å². The minimum Gasteiger partial charge on any atom is -0.491 e. The van der Waals surface area contributed by atoms with Gasteiger partial charge in [0.15, 0.2) is 5.11 Å². The highest BCUT2D eigenvalue weighted by Crippen LogP contribution is 2.13. The molecule has 0 spiro atoms. The SMILES string of the molecule is CC(C)Oc1ccc(C(=O)NC(=S)NNC(=O)c2cccs2)cc1. The highest BCUT2D eigenvalue weighted by atomic mass is 32.1. The van der Waals surface area contributed by atoms with E-state index >= 15 is 0 Å². The number of carbonyl (C=O) groups excluding carboxylic acids is 2. The molecule has 0 fully saturated rings. The molecule has 1 aromatic carbocycles. The third kappa shape index (κ3) is 5.32. The quantitative estimate of drug-likeness (QED) is 0.574. The van der Waals surface area contributed by atoms with Gasteiger partial charge in [-0.25, -0.2) is 0 Å². The van der Waals surface area contributed by atoms with E-state index in [4.69, 9.17) is 17.0 Å². The zero-order chi connectivity index (χ0) is 17.5. The molecular formula is C16H17N3O3S2. The lowest BCUT2D eigenvalue weighted by molar-refractivity contribution is 0.0938. The summed E-state index contributed by atoms with van der Waals surface area (Å²) in [5.41, 5.74) is 5.34. The number of benzene rings is 1. The number of thiocarbonyl (C=S) groups is 1. The number of amides is 2. The minimum absolute atomic E-state index is 0.00686. The molecule has 1 aromatic heterocycles. The molecule has 1 heterocycles. The number of rotatable bonds is 4. The summed E-state index contributed by atoms with van der Waals surface area (Å²) >= 11 is 6.29. The molecule has 24 heavy (non-hydrogen) atoms. The van der Waals surface area contributed by atoms with Crippen LogP contribution in [-0.4, -0.2) is 23.0 Å². The second-order valence-corrected chi connectivity index (χ2v) is 6.39. The Hall–Kier alpha value is -2.45. The van der Waals surface area contributed by atoms with Crippen molar-refractivity contribution in [2.75, 3.05) is 0 Å². The monoisotopic (exact) mass is 363 g/mol. The highest BCUT2D eigenvalue weighted by molar-refractivity contribution is 7.80. The fourth-order valence-electron chi connectivity index (χ4n) is 1.75. The van der Waals surface area contributed by atoms with E-state index in [2.05, 4.69) is 16.2 Å². The van der Waals surface area contributed by atoms with Gasteiger partial charge in [0.1, 0.15) is 5.75 Å². The number of hydrazine groups is 1. The molecule has 126 valence electrons. The average molecular weight is 363 g/mol. The normalized spacial score (nSPS) is 10.1. The van der Waals surface area contributed by atoms with E-state index in [0.717, 1.165) is 0 Å². The van der Waals surface area contributed by atoms with Crippen LogP contribution in [0.3, 0.4) is 0 Å². The van der Waals surface area contributed by atoms with Crippen molar-refractivity contribution in [3.63, 3.8) is 0 Å². The fourth-order valence-corrected chi connectivity index (χ4v) is 2.51. The summed E-state index contributed by atoms with van der Waals surface area (Å²) in [4.78, 5) is 24.4. The predicted molar refractivity (Wildman–Crippen MR) is 97.2 cm³/mol. The molecule has 6 nitrogen and oxygen atoms in total. The Balaban J connectivity index is 1.82. The van der Waals surface area contributed by atoms with Gasteiger partial charge in [-0.15, -0.1) is 11.3 Å². The van der Waals surface area contributed by atoms with Crippen LogP contribution in [0, 0.1) is 0 Å². The molecule has 0 unspecified atom stereocenters. The zero-order valence-corrected chi connectivity index (χ0v) is 14.8. The van der Waals surface area contributed by atoms with Gasteiger partial charge in [-0.3, -0.25) is 25.8 Å². The van der Waals surface area contributed by atoms with Crippen LogP contribution in [0.2, 0.25) is 0 Å². The number of carbonyl (C=O) groups is 2. The van der Waals surface area contributed by atoms with E-state index in [1.807, 2.05) is 13.8 Å². The van der Waals surface area contributed by atoms with Gasteiger partial charge < -0.3 is 4.74 Å². The van der Waals surface area contributed by atoms with E-state index in [0.29, 0.717) is 16.2 Å². The Morgan fingerprint density at radius 1 is 1.08 bits per heavy atom. The second-order valence-electron chi connectivity index (χ2n) is 5.03. The molecule has 8 heteroatoms. The Morgan fingerprint density at radius 2 is 1.79 bits per heavy atom. The van der Waals surface area contributed by atoms with Gasteiger partial charge in [-0.2, -0.15) is 0 Å². The van der Waals surface area contributed by atoms with E-state index in [9.17, 15) is 9.59 Å². The van der Waals surface area contributed by atoms with Crippen molar-refractivity contribution in [2.24, 2.45) is 0 Å². The molecule has 0 saturated carbocycles. The lowest BCUT2D eigenvalue weighted by atomic mass is 10.2. The van der Waals surface area contributed by atoms with Gasteiger partial charge in [-0.1, -0.05) is 6.07 Å². The van der Waals surface area contributed by atoms with Gasteiger partial charge in [-0.05, 0) is 61.8 Å². The third-order valence-electron chi connectivity index (χ3n) is 2.75. The predicted octanol–water partition coefficient (Wildman–Crippen LogP) is 2.48. The third-order valence-corrected chi connectivity index (χ3v) is 3.82. The van der Waals surface area contributed by atoms with Gasteiger partial charge in [0.25, 0.3) is 11.8 Å². The van der Waals surface area contributed by atoms with E-state index < -0.39 is 0 Å². The first kappa shape index (κ1) is 17.9. The first-order chi connectivity index (χ1) is 11.5. The molecule has 0 radical (unpaired) electrons. The number of hydrogen-bond acceptors (Lipinski definition) is 5. The summed E-state index contributed by atoms with van der Waals surface area (Å²) in [6.07, 6.45) is 0.0633. The molecule has 2 amide bonds. The molecule has 0 atom stereocenters. The van der Waals surface area contributed by atoms with E-state index in [1.54, 1.807) is 41.8 Å². The maximum atomic E-state index is 12.1. The van der Waals surface area contributed by atoms with Gasteiger partial charge in [0.2, 0.25) is 0 Å². The number of thiophene rings is 1. The standard InChI is InChI=1S/C16H17N3O3S2/c1-10(2)22-12-7-5-11(6-8-12)14(20)17-16(23)19-18-15(21)13-4-3-9-24-13/h3-10H,1-2H3,(H,18,21)(H2,17,19,20,23). The molecule has 2 rings (SSSR count). The van der Waals surface area contributed by atoms with Crippen molar-refractivity contribution in [3.8, 4) is 5.75 Å². The lowest BCUT2D eigenvalue weighted by Gasteiger charge is -2.11. The first-order valence-corrected chi connectivity index (χ1v) is 8.46. The molecule has 0 aliphatic carbocycles. The maximum absolute atomic E-state index is 12.1. The maximum Gasteiger partial charge on any atom is 0.279 e. The van der Waals surface area contributed by atoms with Gasteiger partial charge in [0, 0.05) is 5.56 Å². The van der Waals surface area contributed by atoms with Gasteiger partial charge in [0.05, 0.1) is 11.0 Å². The van der Waals surface area contributed by atoms with Crippen LogP contribution < -0.4 is 20.9 Å². The molecular weight excluding hydrogens is 346 g/mol.